The Kier molecular flexibility index (Phi) is 4.41. The Morgan fingerprint density at radius 1 is 1.12 bits per heavy atom. The third-order valence-electron chi connectivity index (χ3n) is 8.28. The molecule has 1 aromatic rings. The summed E-state index contributed by atoms with van der Waals surface area (Å²) in [5.41, 5.74) is -1.34. The minimum Gasteiger partial charge on any atom is -0.363 e. The van der Waals surface area contributed by atoms with Crippen molar-refractivity contribution in [2.24, 2.45) is 16.2 Å². The van der Waals surface area contributed by atoms with Gasteiger partial charge in [-0.15, -0.1) is 0 Å². The Labute approximate surface area is 199 Å². The van der Waals surface area contributed by atoms with Crippen LogP contribution in [0.1, 0.15) is 66.4 Å². The van der Waals surface area contributed by atoms with Gasteiger partial charge in [0.1, 0.15) is 0 Å². The Morgan fingerprint density at radius 3 is 2.41 bits per heavy atom. The molecule has 3 fully saturated rings. The van der Waals surface area contributed by atoms with E-state index in [1.807, 2.05) is 0 Å². The van der Waals surface area contributed by atoms with Crippen LogP contribution >= 0.6 is 0 Å². The summed E-state index contributed by atoms with van der Waals surface area (Å²) in [7, 11) is 0. The second kappa shape index (κ2) is 6.58. The van der Waals surface area contributed by atoms with Crippen molar-refractivity contribution in [1.82, 2.24) is 10.2 Å². The highest BCUT2D eigenvalue weighted by molar-refractivity contribution is 6.21. The van der Waals surface area contributed by atoms with E-state index in [0.29, 0.717) is 5.56 Å². The van der Waals surface area contributed by atoms with Gasteiger partial charge in [0, 0.05) is 35.8 Å². The van der Waals surface area contributed by atoms with Gasteiger partial charge in [-0.05, 0) is 62.5 Å². The van der Waals surface area contributed by atoms with Crippen molar-refractivity contribution in [1.29, 1.82) is 0 Å². The molecule has 182 valence electrons. The Balaban J connectivity index is 1.78. The van der Waals surface area contributed by atoms with Crippen LogP contribution in [-0.2, 0) is 16.0 Å². The van der Waals surface area contributed by atoms with Gasteiger partial charge < -0.3 is 4.90 Å². The first-order chi connectivity index (χ1) is 15.6. The zero-order valence-corrected chi connectivity index (χ0v) is 20.6. The molecule has 2 saturated heterocycles. The Morgan fingerprint density at radius 2 is 1.79 bits per heavy atom. The number of benzene rings is 1. The molecular formula is C25H32N4O5. The molecule has 3 aliphatic heterocycles. The number of nitrogens with zero attached hydrogens (tertiary/aromatic N) is 3. The SMILES string of the molecule is CC1(C)CC2CC(C)(C1)C1N2c2ccc([N+](=O)[O-])cc2CC12C(=O)NC(=O)N(C(C)(C)C)C2=O. The van der Waals surface area contributed by atoms with Gasteiger partial charge in [-0.25, -0.2) is 4.79 Å². The van der Waals surface area contributed by atoms with E-state index in [0.717, 1.165) is 24.9 Å². The Bertz CT molecular complexity index is 1150. The Hall–Kier alpha value is -2.97. The molecule has 4 unspecified atom stereocenters. The molecule has 4 aliphatic rings. The summed E-state index contributed by atoms with van der Waals surface area (Å²) in [6, 6.07) is 3.68. The van der Waals surface area contributed by atoms with Crippen LogP contribution < -0.4 is 10.2 Å². The van der Waals surface area contributed by atoms with Crippen LogP contribution in [0, 0.1) is 26.4 Å². The number of non-ortho nitro benzene ring substituents is 1. The predicted octanol–water partition coefficient (Wildman–Crippen LogP) is 3.79. The number of anilines is 1. The highest BCUT2D eigenvalue weighted by Gasteiger charge is 2.71. The molecule has 0 aromatic heterocycles. The highest BCUT2D eigenvalue weighted by Crippen LogP contribution is 2.64. The fraction of sp³-hybridized carbons (Fsp3) is 0.640. The van der Waals surface area contributed by atoms with Crippen molar-refractivity contribution in [3.8, 4) is 0 Å². The van der Waals surface area contributed by atoms with Crippen LogP contribution in [0.4, 0.5) is 16.2 Å². The number of nitrogens with one attached hydrogen (secondary N) is 1. The van der Waals surface area contributed by atoms with E-state index in [1.54, 1.807) is 26.8 Å². The van der Waals surface area contributed by atoms with Gasteiger partial charge in [0.25, 0.3) is 5.69 Å². The van der Waals surface area contributed by atoms with Crippen molar-refractivity contribution < 1.29 is 19.3 Å². The number of nitro groups is 1. The average Bonchev–Trinajstić information content (AvgIpc) is 2.90. The first kappa shape index (κ1) is 22.8. The smallest absolute Gasteiger partial charge is 0.331 e. The highest BCUT2D eigenvalue weighted by atomic mass is 16.6. The fourth-order valence-corrected chi connectivity index (χ4v) is 7.74. The molecule has 1 saturated carbocycles. The maximum atomic E-state index is 14.3. The molecule has 1 N–H and O–H groups in total. The number of barbiturate groups is 1. The monoisotopic (exact) mass is 468 g/mol. The van der Waals surface area contributed by atoms with Gasteiger partial charge in [-0.1, -0.05) is 20.8 Å². The van der Waals surface area contributed by atoms with Gasteiger partial charge in [-0.3, -0.25) is 29.9 Å². The zero-order valence-electron chi connectivity index (χ0n) is 20.6. The summed E-state index contributed by atoms with van der Waals surface area (Å²) in [5.74, 6) is -1.10. The number of nitro benzene ring substituents is 1. The number of hydrogen-bond donors (Lipinski definition) is 1. The van der Waals surface area contributed by atoms with E-state index in [-0.39, 0.29) is 29.0 Å². The average molecular weight is 469 g/mol. The second-order valence-electron chi connectivity index (χ2n) is 12.7. The van der Waals surface area contributed by atoms with Crippen molar-refractivity contribution in [3.05, 3.63) is 33.9 Å². The van der Waals surface area contributed by atoms with Gasteiger partial charge in [0.05, 0.1) is 11.0 Å². The summed E-state index contributed by atoms with van der Waals surface area (Å²) in [4.78, 5) is 55.4. The van der Waals surface area contributed by atoms with Crippen LogP contribution in [0.3, 0.4) is 0 Å². The van der Waals surface area contributed by atoms with E-state index < -0.39 is 39.8 Å². The molecule has 4 amide bonds. The van der Waals surface area contributed by atoms with E-state index in [2.05, 4.69) is 31.0 Å². The maximum absolute atomic E-state index is 14.3. The predicted molar refractivity (Wildman–Crippen MR) is 125 cm³/mol. The number of amides is 4. The topological polar surface area (TPSA) is 113 Å². The van der Waals surface area contributed by atoms with Crippen LogP contribution in [0.5, 0.6) is 0 Å². The van der Waals surface area contributed by atoms with Crippen molar-refractivity contribution >= 4 is 29.2 Å². The number of rotatable bonds is 1. The molecule has 1 aliphatic carbocycles. The van der Waals surface area contributed by atoms with E-state index >= 15 is 0 Å². The van der Waals surface area contributed by atoms with Gasteiger partial charge in [-0.2, -0.15) is 0 Å². The van der Waals surface area contributed by atoms with E-state index in [4.69, 9.17) is 0 Å². The van der Waals surface area contributed by atoms with Crippen LogP contribution in [-0.4, -0.2) is 45.3 Å². The number of imide groups is 2. The molecule has 0 radical (unpaired) electrons. The second-order valence-corrected chi connectivity index (χ2v) is 12.7. The molecular weight excluding hydrogens is 436 g/mol. The van der Waals surface area contributed by atoms with E-state index in [1.165, 1.54) is 17.0 Å². The van der Waals surface area contributed by atoms with Crippen LogP contribution in [0.2, 0.25) is 0 Å². The molecule has 1 spiro atoms. The maximum Gasteiger partial charge on any atom is 0.331 e. The quantitative estimate of drug-likeness (QED) is 0.381. The first-order valence-electron chi connectivity index (χ1n) is 11.9. The summed E-state index contributed by atoms with van der Waals surface area (Å²) in [6.07, 6.45) is 2.58. The van der Waals surface area contributed by atoms with Crippen molar-refractivity contribution in [2.75, 3.05) is 4.90 Å². The van der Waals surface area contributed by atoms with Crippen molar-refractivity contribution in [2.45, 2.75) is 84.8 Å². The zero-order chi connectivity index (χ0) is 25.0. The number of urea groups is 1. The molecule has 5 rings (SSSR count). The lowest BCUT2D eigenvalue weighted by molar-refractivity contribution is -0.384. The lowest BCUT2D eigenvalue weighted by Crippen LogP contribution is -2.75. The summed E-state index contributed by atoms with van der Waals surface area (Å²) >= 11 is 0. The van der Waals surface area contributed by atoms with E-state index in [9.17, 15) is 24.5 Å². The van der Waals surface area contributed by atoms with Gasteiger partial charge in [0.2, 0.25) is 11.8 Å². The third-order valence-corrected chi connectivity index (χ3v) is 8.28. The van der Waals surface area contributed by atoms with Crippen LogP contribution in [0.25, 0.3) is 0 Å². The minimum atomic E-state index is -1.55. The van der Waals surface area contributed by atoms with Gasteiger partial charge in [0.15, 0.2) is 5.41 Å². The molecule has 1 aromatic carbocycles. The molecule has 4 atom stereocenters. The minimum absolute atomic E-state index is 0.00482. The molecule has 34 heavy (non-hydrogen) atoms. The molecule has 2 bridgehead atoms. The number of carbonyl (C=O) groups is 3. The fourth-order valence-electron chi connectivity index (χ4n) is 7.74. The van der Waals surface area contributed by atoms with Gasteiger partial charge >= 0.3 is 6.03 Å². The third kappa shape index (κ3) is 2.88. The number of hydrogen-bond acceptors (Lipinski definition) is 6. The number of carbonyl (C=O) groups excluding carboxylic acids is 3. The molecule has 9 nitrogen and oxygen atoms in total. The first-order valence-corrected chi connectivity index (χ1v) is 11.9. The largest absolute Gasteiger partial charge is 0.363 e. The lowest BCUT2D eigenvalue weighted by atomic mass is 9.56. The lowest BCUT2D eigenvalue weighted by Gasteiger charge is -2.55. The van der Waals surface area contributed by atoms with Crippen LogP contribution in [0.15, 0.2) is 18.2 Å². The summed E-state index contributed by atoms with van der Waals surface area (Å²) < 4.78 is 0. The number of fused-ring (bicyclic) bond motifs is 8. The van der Waals surface area contributed by atoms with Crippen molar-refractivity contribution in [3.63, 3.8) is 0 Å². The summed E-state index contributed by atoms with van der Waals surface area (Å²) in [5, 5.41) is 14.0. The normalized spacial score (nSPS) is 34.1. The summed E-state index contributed by atoms with van der Waals surface area (Å²) in [6.45, 7) is 11.9. The molecule has 3 heterocycles. The standard InChI is InChI=1S/C25H32N4O5/c1-22(2,3)28-20(31)25(19(30)26-21(28)32)10-14-9-15(29(33)34)7-8-17(14)27-16-11-23(4,5)13-24(6,12-16)18(25)27/h7-9,16,18H,10-13H2,1-6H3,(H,26,30,32). The molecule has 9 heteroatoms.